The molecule has 1 rings (SSSR count). The van der Waals surface area contributed by atoms with E-state index in [0.717, 1.165) is 5.56 Å². The molecule has 0 amide bonds. The third-order valence-electron chi connectivity index (χ3n) is 1.36. The Labute approximate surface area is 75.4 Å². The Bertz CT molecular complexity index is 278. The van der Waals surface area contributed by atoms with Crippen LogP contribution >= 0.6 is 11.8 Å². The summed E-state index contributed by atoms with van der Waals surface area (Å²) in [4.78, 5) is 3.91. The first-order valence-corrected chi connectivity index (χ1v) is 3.64. The number of anilines is 1. The Kier molecular flexibility index (Phi) is 2.73. The summed E-state index contributed by atoms with van der Waals surface area (Å²) in [6.45, 7) is 1.84. The normalized spacial score (nSPS) is 9.67. The van der Waals surface area contributed by atoms with E-state index >= 15 is 0 Å². The van der Waals surface area contributed by atoms with E-state index in [4.69, 9.17) is 21.7 Å². The molecule has 0 aliphatic carbocycles. The summed E-state index contributed by atoms with van der Waals surface area (Å²) in [5, 5.41) is 8.94. The van der Waals surface area contributed by atoms with E-state index in [-0.39, 0.29) is 5.88 Å². The van der Waals surface area contributed by atoms with E-state index in [1.165, 1.54) is 7.11 Å². The van der Waals surface area contributed by atoms with Crippen molar-refractivity contribution < 1.29 is 9.94 Å². The van der Waals surface area contributed by atoms with E-state index in [0.29, 0.717) is 10.3 Å². The van der Waals surface area contributed by atoms with Crippen LogP contribution in [-0.4, -0.2) is 17.3 Å². The average Bonchev–Trinajstić information content (AvgIpc) is 2.04. The monoisotopic (exact) mass is 188 g/mol. The number of hydrogen-bond acceptors (Lipinski definition) is 4. The van der Waals surface area contributed by atoms with Crippen LogP contribution in [0.5, 0.6) is 5.88 Å². The molecule has 12 heavy (non-hydrogen) atoms. The van der Waals surface area contributed by atoms with Gasteiger partial charge in [0.2, 0.25) is 5.88 Å². The minimum absolute atomic E-state index is 0.290. The molecule has 0 radical (unpaired) electrons. The number of halogens is 1. The van der Waals surface area contributed by atoms with E-state index in [1.54, 1.807) is 12.3 Å². The van der Waals surface area contributed by atoms with Crippen LogP contribution in [0.2, 0.25) is 0 Å². The smallest absolute Gasteiger partial charge is 0.241 e. The Hall–Kier alpha value is -1.00. The number of aryl methyl sites for hydroxylation is 1. The highest BCUT2D eigenvalue weighted by molar-refractivity contribution is 6.24. The van der Waals surface area contributed by atoms with Crippen LogP contribution in [0.1, 0.15) is 5.56 Å². The molecule has 4 nitrogen and oxygen atoms in total. The molecule has 0 aromatic carbocycles. The molecule has 0 bridgehead atoms. The van der Waals surface area contributed by atoms with Crippen LogP contribution in [0.3, 0.4) is 0 Å². The standard InChI is InChI=1S/C7H9ClN2O2/c1-5-3-6(10(8)11)7(12-2)9-4-5/h3-4,11H,1-2H3. The Morgan fingerprint density at radius 3 is 2.83 bits per heavy atom. The predicted molar refractivity (Wildman–Crippen MR) is 45.6 cm³/mol. The van der Waals surface area contributed by atoms with Crippen molar-refractivity contribution in [3.05, 3.63) is 17.8 Å². The van der Waals surface area contributed by atoms with Gasteiger partial charge in [0.1, 0.15) is 5.69 Å². The van der Waals surface area contributed by atoms with Gasteiger partial charge in [0.25, 0.3) is 0 Å². The number of pyridine rings is 1. The van der Waals surface area contributed by atoms with Crippen molar-refractivity contribution in [2.75, 3.05) is 11.7 Å². The maximum Gasteiger partial charge on any atom is 0.241 e. The van der Waals surface area contributed by atoms with Gasteiger partial charge < -0.3 is 4.74 Å². The largest absolute Gasteiger partial charge is 0.479 e. The molecule has 0 aliphatic rings. The van der Waals surface area contributed by atoms with Gasteiger partial charge in [-0.15, -0.1) is 0 Å². The zero-order valence-corrected chi connectivity index (χ0v) is 7.54. The van der Waals surface area contributed by atoms with Crippen LogP contribution < -0.4 is 9.32 Å². The summed E-state index contributed by atoms with van der Waals surface area (Å²) in [5.41, 5.74) is 1.23. The maximum absolute atomic E-state index is 8.94. The zero-order chi connectivity index (χ0) is 9.14. The van der Waals surface area contributed by atoms with Gasteiger partial charge in [0, 0.05) is 18.0 Å². The highest BCUT2D eigenvalue weighted by Crippen LogP contribution is 2.26. The number of rotatable bonds is 2. The van der Waals surface area contributed by atoms with E-state index in [9.17, 15) is 0 Å². The summed E-state index contributed by atoms with van der Waals surface area (Å²) in [6, 6.07) is 1.67. The molecule has 1 aromatic heterocycles. The summed E-state index contributed by atoms with van der Waals surface area (Å²) in [5.74, 6) is 0.290. The van der Waals surface area contributed by atoms with Crippen LogP contribution in [0.25, 0.3) is 0 Å². The Morgan fingerprint density at radius 2 is 2.33 bits per heavy atom. The van der Waals surface area contributed by atoms with Gasteiger partial charge in [0.05, 0.1) is 7.11 Å². The van der Waals surface area contributed by atoms with Crippen molar-refractivity contribution in [1.29, 1.82) is 0 Å². The molecule has 1 heterocycles. The molecular weight excluding hydrogens is 180 g/mol. The Morgan fingerprint density at radius 1 is 1.67 bits per heavy atom. The lowest BCUT2D eigenvalue weighted by molar-refractivity contribution is 0.315. The molecule has 1 aromatic rings. The Balaban J connectivity index is 3.12. The first-order valence-electron chi connectivity index (χ1n) is 3.30. The fraction of sp³-hybridized carbons (Fsp3) is 0.286. The van der Waals surface area contributed by atoms with Crippen LogP contribution in [0, 0.1) is 6.92 Å². The summed E-state index contributed by atoms with van der Waals surface area (Å²) in [6.07, 6.45) is 1.63. The third-order valence-corrected chi connectivity index (χ3v) is 1.54. The zero-order valence-electron chi connectivity index (χ0n) is 6.78. The van der Waals surface area contributed by atoms with Crippen molar-refractivity contribution >= 4 is 17.5 Å². The summed E-state index contributed by atoms with van der Waals surface area (Å²) >= 11 is 5.33. The fourth-order valence-electron chi connectivity index (χ4n) is 0.831. The lowest BCUT2D eigenvalue weighted by Gasteiger charge is -2.10. The predicted octanol–water partition coefficient (Wildman–Crippen LogP) is 1.75. The molecular formula is C7H9ClN2O2. The topological polar surface area (TPSA) is 45.6 Å². The van der Waals surface area contributed by atoms with Crippen LogP contribution in [0.15, 0.2) is 12.3 Å². The molecule has 66 valence electrons. The molecule has 0 spiro atoms. The molecule has 0 saturated carbocycles. The molecule has 0 aliphatic heterocycles. The minimum Gasteiger partial charge on any atom is -0.479 e. The van der Waals surface area contributed by atoms with Crippen LogP contribution in [-0.2, 0) is 0 Å². The maximum atomic E-state index is 8.94. The van der Waals surface area contributed by atoms with Gasteiger partial charge in [-0.3, -0.25) is 5.21 Å². The minimum atomic E-state index is 0.290. The average molecular weight is 189 g/mol. The molecule has 5 heteroatoms. The van der Waals surface area contributed by atoms with E-state index in [2.05, 4.69) is 4.98 Å². The van der Waals surface area contributed by atoms with Gasteiger partial charge in [-0.2, -0.15) is 4.58 Å². The second-order valence-corrected chi connectivity index (χ2v) is 2.62. The van der Waals surface area contributed by atoms with Crippen molar-refractivity contribution in [2.24, 2.45) is 0 Å². The fourth-order valence-corrected chi connectivity index (χ4v) is 0.952. The van der Waals surface area contributed by atoms with Crippen molar-refractivity contribution in [3.63, 3.8) is 0 Å². The summed E-state index contributed by atoms with van der Waals surface area (Å²) in [7, 11) is 1.46. The lowest BCUT2D eigenvalue weighted by atomic mass is 10.3. The molecule has 0 saturated heterocycles. The van der Waals surface area contributed by atoms with Gasteiger partial charge in [0.15, 0.2) is 0 Å². The SMILES string of the molecule is COc1ncc(C)cc1N(O)Cl. The van der Waals surface area contributed by atoms with E-state index in [1.807, 2.05) is 6.92 Å². The third kappa shape index (κ3) is 1.78. The summed E-state index contributed by atoms with van der Waals surface area (Å²) < 4.78 is 5.32. The quantitative estimate of drug-likeness (QED) is 0.568. The van der Waals surface area contributed by atoms with Crippen molar-refractivity contribution in [1.82, 2.24) is 4.98 Å². The number of aromatic nitrogens is 1. The first kappa shape index (κ1) is 9.09. The number of methoxy groups -OCH3 is 1. The van der Waals surface area contributed by atoms with Gasteiger partial charge >= 0.3 is 0 Å². The van der Waals surface area contributed by atoms with Gasteiger partial charge in [-0.05, 0) is 18.6 Å². The number of hydrogen-bond donors (Lipinski definition) is 1. The van der Waals surface area contributed by atoms with Crippen molar-refractivity contribution in [3.8, 4) is 5.88 Å². The molecule has 0 unspecified atom stereocenters. The van der Waals surface area contributed by atoms with Gasteiger partial charge in [-0.1, -0.05) is 0 Å². The first-order chi connectivity index (χ1) is 5.65. The number of nitrogens with zero attached hydrogens (tertiary/aromatic N) is 2. The van der Waals surface area contributed by atoms with E-state index < -0.39 is 0 Å². The number of ether oxygens (including phenoxy) is 1. The molecule has 1 N–H and O–H groups in total. The second kappa shape index (κ2) is 3.60. The van der Waals surface area contributed by atoms with Crippen molar-refractivity contribution in [2.45, 2.75) is 6.92 Å². The molecule has 0 fully saturated rings. The van der Waals surface area contributed by atoms with Gasteiger partial charge in [-0.25, -0.2) is 4.98 Å². The molecule has 0 atom stereocenters. The highest BCUT2D eigenvalue weighted by Gasteiger charge is 2.08. The lowest BCUT2D eigenvalue weighted by Crippen LogP contribution is -2.05. The highest BCUT2D eigenvalue weighted by atomic mass is 35.5. The van der Waals surface area contributed by atoms with Crippen LogP contribution in [0.4, 0.5) is 5.69 Å². The second-order valence-electron chi connectivity index (χ2n) is 2.30.